The van der Waals surface area contributed by atoms with Crippen LogP contribution in [0.5, 0.6) is 0 Å². The van der Waals surface area contributed by atoms with Gasteiger partial charge in [-0.15, -0.1) is 10.2 Å². The van der Waals surface area contributed by atoms with E-state index in [0.717, 1.165) is 16.5 Å². The number of aromatic amines is 1. The van der Waals surface area contributed by atoms with Crippen LogP contribution >= 0.6 is 0 Å². The van der Waals surface area contributed by atoms with Gasteiger partial charge in [0.2, 0.25) is 0 Å². The monoisotopic (exact) mass is 400 g/mol. The largest absolute Gasteiger partial charge is 0.387 e. The van der Waals surface area contributed by atoms with Crippen LogP contribution in [0.3, 0.4) is 0 Å². The van der Waals surface area contributed by atoms with Crippen molar-refractivity contribution >= 4 is 22.5 Å². The van der Waals surface area contributed by atoms with E-state index in [9.17, 15) is 14.3 Å². The molecular weight excluding hydrogens is 375 g/mol. The molecule has 4 N–H and O–H groups in total. The Kier molecular flexibility index (Phi) is 5.78. The molecule has 9 heteroatoms. The van der Waals surface area contributed by atoms with Gasteiger partial charge in [0.05, 0.1) is 29.5 Å². The molecule has 3 rings (SSSR count). The van der Waals surface area contributed by atoms with Gasteiger partial charge in [-0.05, 0) is 45.4 Å². The lowest BCUT2D eigenvalue weighted by molar-refractivity contribution is -0.00179. The molecule has 29 heavy (non-hydrogen) atoms. The number of nitrogens with one attached hydrogen (secondary N) is 3. The first-order valence-corrected chi connectivity index (χ1v) is 9.37. The zero-order valence-electron chi connectivity index (χ0n) is 16.8. The molecule has 1 amide bonds. The number of fused-ring (bicyclic) bond motifs is 1. The SMILES string of the molecule is CC(C)Nc1c(C(=O)NC[C@@H](F)C(C)(C)O)nnc2ccc(-c3cn[nH]c3)cc12. The summed E-state index contributed by atoms with van der Waals surface area (Å²) in [5.74, 6) is -0.567. The van der Waals surface area contributed by atoms with E-state index < -0.39 is 17.7 Å². The molecular formula is C20H25FN6O2. The Morgan fingerprint density at radius 1 is 1.28 bits per heavy atom. The third-order valence-corrected chi connectivity index (χ3v) is 4.45. The number of rotatable bonds is 7. The molecule has 0 spiro atoms. The zero-order valence-corrected chi connectivity index (χ0v) is 16.8. The first kappa shape index (κ1) is 20.7. The fraction of sp³-hybridized carbons (Fsp3) is 0.400. The number of nitrogens with zero attached hydrogens (tertiary/aromatic N) is 3. The van der Waals surface area contributed by atoms with Crippen LogP contribution in [0.15, 0.2) is 30.6 Å². The molecule has 0 saturated heterocycles. The number of aliphatic hydroxyl groups is 1. The van der Waals surface area contributed by atoms with E-state index in [4.69, 9.17) is 0 Å². The maximum Gasteiger partial charge on any atom is 0.274 e. The summed E-state index contributed by atoms with van der Waals surface area (Å²) in [5.41, 5.74) is 1.46. The second-order valence-corrected chi connectivity index (χ2v) is 7.77. The number of H-pyrrole nitrogens is 1. The topological polar surface area (TPSA) is 116 Å². The standard InChI is InChI=1S/C20H25FN6O2/c1-11(2)25-17-14-7-12(13-8-23-24-9-13)5-6-15(14)26-27-18(17)19(28)22-10-16(21)20(3,4)29/h5-9,11,16,29H,10H2,1-4H3,(H,22,28)(H,23,24)(H,25,26)/t16-/m1/s1. The van der Waals surface area contributed by atoms with Crippen LogP contribution in [-0.4, -0.2) is 55.8 Å². The van der Waals surface area contributed by atoms with Crippen LogP contribution in [0, 0.1) is 0 Å². The number of alkyl halides is 1. The van der Waals surface area contributed by atoms with Crippen LogP contribution < -0.4 is 10.6 Å². The molecule has 154 valence electrons. The van der Waals surface area contributed by atoms with Crippen LogP contribution in [0.2, 0.25) is 0 Å². The second-order valence-electron chi connectivity index (χ2n) is 7.77. The highest BCUT2D eigenvalue weighted by Crippen LogP contribution is 2.30. The average Bonchev–Trinajstić information content (AvgIpc) is 3.19. The van der Waals surface area contributed by atoms with E-state index >= 15 is 0 Å². The quantitative estimate of drug-likeness (QED) is 0.485. The third-order valence-electron chi connectivity index (χ3n) is 4.45. The first-order chi connectivity index (χ1) is 13.7. The minimum absolute atomic E-state index is 0.0248. The Morgan fingerprint density at radius 2 is 2.03 bits per heavy atom. The van der Waals surface area contributed by atoms with Crippen molar-refractivity contribution in [1.82, 2.24) is 25.7 Å². The number of hydrogen-bond donors (Lipinski definition) is 4. The molecule has 0 radical (unpaired) electrons. The zero-order chi connectivity index (χ0) is 21.2. The lowest BCUT2D eigenvalue weighted by atomic mass is 10.0. The van der Waals surface area contributed by atoms with E-state index in [1.807, 2.05) is 32.0 Å². The molecule has 1 atom stereocenters. The van der Waals surface area contributed by atoms with Crippen molar-refractivity contribution in [3.8, 4) is 11.1 Å². The van der Waals surface area contributed by atoms with Crippen LogP contribution in [0.25, 0.3) is 22.0 Å². The number of halogens is 1. The predicted molar refractivity (Wildman–Crippen MR) is 109 cm³/mol. The minimum Gasteiger partial charge on any atom is -0.387 e. The summed E-state index contributed by atoms with van der Waals surface area (Å²) in [6.45, 7) is 6.25. The average molecular weight is 400 g/mol. The highest BCUT2D eigenvalue weighted by molar-refractivity contribution is 6.06. The molecule has 0 aliphatic carbocycles. The van der Waals surface area contributed by atoms with Crippen molar-refractivity contribution in [2.24, 2.45) is 0 Å². The Labute approximate surface area is 167 Å². The Balaban J connectivity index is 2.00. The molecule has 8 nitrogen and oxygen atoms in total. The lowest BCUT2D eigenvalue weighted by Crippen LogP contribution is -2.42. The van der Waals surface area contributed by atoms with Gasteiger partial charge in [-0.25, -0.2) is 4.39 Å². The molecule has 3 aromatic rings. The van der Waals surface area contributed by atoms with Crippen LogP contribution in [0.1, 0.15) is 38.2 Å². The van der Waals surface area contributed by atoms with Crippen molar-refractivity contribution in [2.45, 2.75) is 45.5 Å². The summed E-state index contributed by atoms with van der Waals surface area (Å²) in [6, 6.07) is 5.66. The van der Waals surface area contributed by atoms with E-state index in [0.29, 0.717) is 11.2 Å². The maximum absolute atomic E-state index is 14.0. The molecule has 0 bridgehead atoms. The van der Waals surface area contributed by atoms with Crippen molar-refractivity contribution in [3.63, 3.8) is 0 Å². The van der Waals surface area contributed by atoms with Gasteiger partial charge in [-0.3, -0.25) is 9.89 Å². The van der Waals surface area contributed by atoms with E-state index in [-0.39, 0.29) is 18.3 Å². The van der Waals surface area contributed by atoms with Gasteiger partial charge in [0.1, 0.15) is 6.17 Å². The Morgan fingerprint density at radius 3 is 2.66 bits per heavy atom. The number of carbonyl (C=O) groups excluding carboxylic acids is 1. The first-order valence-electron chi connectivity index (χ1n) is 9.37. The van der Waals surface area contributed by atoms with E-state index in [1.165, 1.54) is 13.8 Å². The van der Waals surface area contributed by atoms with Gasteiger partial charge >= 0.3 is 0 Å². The smallest absolute Gasteiger partial charge is 0.274 e. The Bertz CT molecular complexity index is 998. The molecule has 0 fully saturated rings. The molecule has 0 aliphatic heterocycles. The Hall–Kier alpha value is -3.07. The molecule has 0 unspecified atom stereocenters. The summed E-state index contributed by atoms with van der Waals surface area (Å²) < 4.78 is 14.0. The number of amides is 1. The van der Waals surface area contributed by atoms with Gasteiger partial charge in [-0.2, -0.15) is 5.10 Å². The van der Waals surface area contributed by atoms with Gasteiger partial charge in [-0.1, -0.05) is 6.07 Å². The van der Waals surface area contributed by atoms with Gasteiger partial charge in [0, 0.05) is 23.2 Å². The minimum atomic E-state index is -1.62. The molecule has 2 aromatic heterocycles. The number of anilines is 1. The molecule has 2 heterocycles. The summed E-state index contributed by atoms with van der Waals surface area (Å²) in [7, 11) is 0. The lowest BCUT2D eigenvalue weighted by Gasteiger charge is -2.22. The fourth-order valence-corrected chi connectivity index (χ4v) is 2.80. The van der Waals surface area contributed by atoms with Crippen molar-refractivity contribution < 1.29 is 14.3 Å². The van der Waals surface area contributed by atoms with Gasteiger partial charge in [0.25, 0.3) is 5.91 Å². The molecule has 1 aromatic carbocycles. The van der Waals surface area contributed by atoms with E-state index in [1.54, 1.807) is 12.4 Å². The second kappa shape index (κ2) is 8.12. The highest BCUT2D eigenvalue weighted by atomic mass is 19.1. The number of benzene rings is 1. The summed E-state index contributed by atoms with van der Waals surface area (Å²) in [4.78, 5) is 12.7. The molecule has 0 aliphatic rings. The van der Waals surface area contributed by atoms with Crippen molar-refractivity contribution in [1.29, 1.82) is 0 Å². The summed E-state index contributed by atoms with van der Waals surface area (Å²) in [6.07, 6.45) is 1.86. The highest BCUT2D eigenvalue weighted by Gasteiger charge is 2.28. The predicted octanol–water partition coefficient (Wildman–Crippen LogP) is 2.68. The van der Waals surface area contributed by atoms with Gasteiger partial charge < -0.3 is 15.7 Å². The van der Waals surface area contributed by atoms with Crippen LogP contribution in [-0.2, 0) is 0 Å². The van der Waals surface area contributed by atoms with Crippen molar-refractivity contribution in [2.75, 3.05) is 11.9 Å². The number of hydrogen-bond acceptors (Lipinski definition) is 6. The summed E-state index contributed by atoms with van der Waals surface area (Å²) >= 11 is 0. The third kappa shape index (κ3) is 4.68. The normalized spacial score (nSPS) is 12.9. The molecule has 0 saturated carbocycles. The summed E-state index contributed by atoms with van der Waals surface area (Å²) in [5, 5.41) is 31.2. The fourth-order valence-electron chi connectivity index (χ4n) is 2.80. The van der Waals surface area contributed by atoms with Crippen LogP contribution in [0.4, 0.5) is 10.1 Å². The maximum atomic E-state index is 14.0. The van der Waals surface area contributed by atoms with Crippen molar-refractivity contribution in [3.05, 3.63) is 36.3 Å². The number of aromatic nitrogens is 4. The van der Waals surface area contributed by atoms with E-state index in [2.05, 4.69) is 31.0 Å². The number of carbonyl (C=O) groups is 1. The van der Waals surface area contributed by atoms with Gasteiger partial charge in [0.15, 0.2) is 5.69 Å².